The fourth-order valence-corrected chi connectivity index (χ4v) is 1.53. The van der Waals surface area contributed by atoms with Gasteiger partial charge in [0, 0.05) is 32.7 Å². The monoisotopic (exact) mass is 274 g/mol. The van der Waals surface area contributed by atoms with Gasteiger partial charge >= 0.3 is 12.0 Å². The van der Waals surface area contributed by atoms with Gasteiger partial charge < -0.3 is 20.5 Å². The minimum Gasteiger partial charge on any atom is -0.481 e. The van der Waals surface area contributed by atoms with Crippen molar-refractivity contribution in [2.45, 2.75) is 39.5 Å². The lowest BCUT2D eigenvalue weighted by Crippen LogP contribution is -2.39. The summed E-state index contributed by atoms with van der Waals surface area (Å²) in [5, 5.41) is 14.1. The van der Waals surface area contributed by atoms with E-state index >= 15 is 0 Å². The van der Waals surface area contributed by atoms with Crippen molar-refractivity contribution in [1.29, 1.82) is 0 Å². The van der Waals surface area contributed by atoms with Gasteiger partial charge in [0.15, 0.2) is 0 Å². The molecule has 0 aromatic heterocycles. The van der Waals surface area contributed by atoms with Crippen LogP contribution in [0, 0.1) is 5.92 Å². The molecule has 0 aliphatic rings. The van der Waals surface area contributed by atoms with Crippen LogP contribution in [0.5, 0.6) is 0 Å². The van der Waals surface area contributed by atoms with Gasteiger partial charge in [-0.25, -0.2) is 4.79 Å². The summed E-state index contributed by atoms with van der Waals surface area (Å²) in [5.74, 6) is -0.849. The number of ether oxygens (including phenoxy) is 1. The maximum Gasteiger partial charge on any atom is 0.314 e. The van der Waals surface area contributed by atoms with Crippen LogP contribution in [0.4, 0.5) is 4.79 Å². The van der Waals surface area contributed by atoms with Crippen molar-refractivity contribution in [2.75, 3.05) is 26.3 Å². The van der Waals surface area contributed by atoms with Crippen LogP contribution in [0.1, 0.15) is 39.5 Å². The van der Waals surface area contributed by atoms with E-state index in [2.05, 4.69) is 10.6 Å². The second-order valence-electron chi connectivity index (χ2n) is 4.47. The zero-order valence-corrected chi connectivity index (χ0v) is 11.9. The molecule has 0 rings (SSSR count). The summed E-state index contributed by atoms with van der Waals surface area (Å²) < 4.78 is 5.29. The largest absolute Gasteiger partial charge is 0.481 e. The highest BCUT2D eigenvalue weighted by Gasteiger charge is 2.12. The van der Waals surface area contributed by atoms with E-state index in [1.807, 2.05) is 13.8 Å². The minimum absolute atomic E-state index is 0.0175. The Morgan fingerprint density at radius 1 is 1.21 bits per heavy atom. The van der Waals surface area contributed by atoms with E-state index in [0.717, 1.165) is 25.9 Å². The summed E-state index contributed by atoms with van der Waals surface area (Å²) in [6.07, 6.45) is 2.59. The van der Waals surface area contributed by atoms with Crippen LogP contribution in [0.3, 0.4) is 0 Å². The summed E-state index contributed by atoms with van der Waals surface area (Å²) in [4.78, 5) is 22.0. The Hall–Kier alpha value is -1.30. The molecule has 0 aliphatic heterocycles. The van der Waals surface area contributed by atoms with Gasteiger partial charge in [-0.1, -0.05) is 20.3 Å². The van der Waals surface area contributed by atoms with Crippen LogP contribution >= 0.6 is 0 Å². The fourth-order valence-electron chi connectivity index (χ4n) is 1.53. The number of hydrogen-bond acceptors (Lipinski definition) is 3. The molecule has 6 heteroatoms. The van der Waals surface area contributed by atoms with Gasteiger partial charge in [0.25, 0.3) is 0 Å². The number of hydrogen-bond donors (Lipinski definition) is 3. The van der Waals surface area contributed by atoms with Crippen LogP contribution in [-0.2, 0) is 9.53 Å². The highest BCUT2D eigenvalue weighted by Crippen LogP contribution is 2.06. The normalized spacial score (nSPS) is 11.9. The Morgan fingerprint density at radius 2 is 1.95 bits per heavy atom. The quantitative estimate of drug-likeness (QED) is 0.499. The van der Waals surface area contributed by atoms with E-state index in [0.29, 0.717) is 19.7 Å². The van der Waals surface area contributed by atoms with Gasteiger partial charge in [0.2, 0.25) is 0 Å². The van der Waals surface area contributed by atoms with Crippen molar-refractivity contribution in [3.05, 3.63) is 0 Å². The first-order chi connectivity index (χ1) is 9.10. The topological polar surface area (TPSA) is 87.7 Å². The predicted molar refractivity (Wildman–Crippen MR) is 73.2 cm³/mol. The lowest BCUT2D eigenvalue weighted by Gasteiger charge is -2.14. The number of carbonyl (C=O) groups excluding carboxylic acids is 1. The summed E-state index contributed by atoms with van der Waals surface area (Å²) in [5.41, 5.74) is 0. The van der Waals surface area contributed by atoms with Crippen molar-refractivity contribution in [3.8, 4) is 0 Å². The van der Waals surface area contributed by atoms with Crippen LogP contribution in [-0.4, -0.2) is 43.4 Å². The lowest BCUT2D eigenvalue weighted by atomic mass is 10.0. The molecular formula is C13H26N2O4. The summed E-state index contributed by atoms with van der Waals surface area (Å²) >= 11 is 0. The molecule has 0 fully saturated rings. The SMILES string of the molecule is CCCOCCCNC(=O)NCC(CC)CC(=O)O. The third-order valence-corrected chi connectivity index (χ3v) is 2.69. The first kappa shape index (κ1) is 17.7. The van der Waals surface area contributed by atoms with Crippen molar-refractivity contribution in [1.82, 2.24) is 10.6 Å². The van der Waals surface area contributed by atoms with Gasteiger partial charge in [-0.2, -0.15) is 0 Å². The van der Waals surface area contributed by atoms with Crippen LogP contribution < -0.4 is 10.6 Å². The van der Waals surface area contributed by atoms with E-state index in [1.54, 1.807) is 0 Å². The molecule has 112 valence electrons. The van der Waals surface area contributed by atoms with Crippen LogP contribution in [0.25, 0.3) is 0 Å². The maximum atomic E-state index is 11.4. The molecule has 0 bridgehead atoms. The average molecular weight is 274 g/mol. The number of carboxylic acids is 1. The second kappa shape index (κ2) is 11.8. The Bertz CT molecular complexity index is 259. The number of carbonyl (C=O) groups is 2. The molecule has 0 aliphatic carbocycles. The maximum absolute atomic E-state index is 11.4. The standard InChI is InChI=1S/C13H26N2O4/c1-3-7-19-8-5-6-14-13(18)15-10-11(4-2)9-12(16)17/h11H,3-10H2,1-2H3,(H,16,17)(H2,14,15,18). The fraction of sp³-hybridized carbons (Fsp3) is 0.846. The Balaban J connectivity index is 3.54. The average Bonchev–Trinajstić information content (AvgIpc) is 2.38. The molecule has 2 amide bonds. The minimum atomic E-state index is -0.831. The highest BCUT2D eigenvalue weighted by molar-refractivity contribution is 5.74. The van der Waals surface area contributed by atoms with Gasteiger partial charge in [-0.15, -0.1) is 0 Å². The third-order valence-electron chi connectivity index (χ3n) is 2.69. The lowest BCUT2D eigenvalue weighted by molar-refractivity contribution is -0.138. The molecule has 6 nitrogen and oxygen atoms in total. The molecule has 3 N–H and O–H groups in total. The molecule has 0 heterocycles. The summed E-state index contributed by atoms with van der Waals surface area (Å²) in [7, 11) is 0. The first-order valence-corrected chi connectivity index (χ1v) is 6.91. The zero-order valence-electron chi connectivity index (χ0n) is 11.9. The van der Waals surface area contributed by atoms with Crippen molar-refractivity contribution in [3.63, 3.8) is 0 Å². The molecule has 19 heavy (non-hydrogen) atoms. The summed E-state index contributed by atoms with van der Waals surface area (Å²) in [6.45, 7) is 6.31. The zero-order chi connectivity index (χ0) is 14.5. The molecule has 0 spiro atoms. The predicted octanol–water partition coefficient (Wildman–Crippen LogP) is 1.60. The molecule has 0 radical (unpaired) electrons. The summed E-state index contributed by atoms with van der Waals surface area (Å²) in [6, 6.07) is -0.251. The van der Waals surface area contributed by atoms with Gasteiger partial charge in [0.1, 0.15) is 0 Å². The van der Waals surface area contributed by atoms with Crippen molar-refractivity contribution in [2.24, 2.45) is 5.92 Å². The molecule has 1 unspecified atom stereocenters. The molecular weight excluding hydrogens is 248 g/mol. The number of carboxylic acid groups (broad SMARTS) is 1. The van der Waals surface area contributed by atoms with E-state index in [9.17, 15) is 9.59 Å². The van der Waals surface area contributed by atoms with E-state index in [1.165, 1.54) is 0 Å². The molecule has 0 saturated heterocycles. The smallest absolute Gasteiger partial charge is 0.314 e. The molecule has 1 atom stereocenters. The van der Waals surface area contributed by atoms with E-state index in [-0.39, 0.29) is 18.4 Å². The number of amides is 2. The van der Waals surface area contributed by atoms with Crippen molar-refractivity contribution >= 4 is 12.0 Å². The Morgan fingerprint density at radius 3 is 2.53 bits per heavy atom. The Labute approximate surface area is 114 Å². The van der Waals surface area contributed by atoms with Crippen LogP contribution in [0.2, 0.25) is 0 Å². The van der Waals surface area contributed by atoms with Gasteiger partial charge in [-0.3, -0.25) is 4.79 Å². The highest BCUT2D eigenvalue weighted by atomic mass is 16.5. The third kappa shape index (κ3) is 11.5. The Kier molecular flexibility index (Phi) is 11.0. The van der Waals surface area contributed by atoms with E-state index in [4.69, 9.17) is 9.84 Å². The van der Waals surface area contributed by atoms with Gasteiger partial charge in [0.05, 0.1) is 0 Å². The molecule has 0 aromatic carbocycles. The second-order valence-corrected chi connectivity index (χ2v) is 4.47. The number of nitrogens with one attached hydrogen (secondary N) is 2. The number of urea groups is 1. The number of rotatable bonds is 11. The molecule has 0 aromatic rings. The van der Waals surface area contributed by atoms with Gasteiger partial charge in [-0.05, 0) is 18.8 Å². The molecule has 0 saturated carbocycles. The number of aliphatic carboxylic acids is 1. The van der Waals surface area contributed by atoms with E-state index < -0.39 is 5.97 Å². The van der Waals surface area contributed by atoms with Crippen LogP contribution in [0.15, 0.2) is 0 Å². The van der Waals surface area contributed by atoms with Crippen molar-refractivity contribution < 1.29 is 19.4 Å². The first-order valence-electron chi connectivity index (χ1n) is 6.91.